The highest BCUT2D eigenvalue weighted by molar-refractivity contribution is 7.71. The van der Waals surface area contributed by atoms with Crippen molar-refractivity contribution in [2.24, 2.45) is 7.05 Å². The Hall–Kier alpha value is -2.29. The average Bonchev–Trinajstić information content (AvgIpc) is 3.21. The van der Waals surface area contributed by atoms with Gasteiger partial charge < -0.3 is 19.6 Å². The van der Waals surface area contributed by atoms with Gasteiger partial charge in [-0.3, -0.25) is 0 Å². The first-order valence-corrected chi connectivity index (χ1v) is 9.91. The summed E-state index contributed by atoms with van der Waals surface area (Å²) < 4.78 is 33.1. The number of aliphatic hydroxyl groups is 1. The zero-order chi connectivity index (χ0) is 20.7. The van der Waals surface area contributed by atoms with Gasteiger partial charge in [0.1, 0.15) is 23.7 Å². The zero-order valence-corrected chi connectivity index (χ0v) is 17.1. The van der Waals surface area contributed by atoms with E-state index in [9.17, 15) is 13.9 Å². The number of nitrogens with zero attached hydrogens (tertiary/aromatic N) is 3. The molecule has 4 rings (SSSR count). The molecule has 3 heterocycles. The van der Waals surface area contributed by atoms with Gasteiger partial charge in [0.2, 0.25) is 0 Å². The van der Waals surface area contributed by atoms with Crippen LogP contribution in [0.2, 0.25) is 5.02 Å². The van der Waals surface area contributed by atoms with Crippen LogP contribution in [0.3, 0.4) is 0 Å². The molecule has 0 radical (unpaired) electrons. The fourth-order valence-corrected chi connectivity index (χ4v) is 4.37. The lowest BCUT2D eigenvalue weighted by atomic mass is 9.95. The second-order valence-corrected chi connectivity index (χ2v) is 7.86. The first-order chi connectivity index (χ1) is 13.9. The number of aromatic nitrogens is 3. The number of aliphatic hydroxyl groups excluding tert-OH is 1. The number of hydrogen-bond donors (Lipinski definition) is 2. The molecule has 5 nitrogen and oxygen atoms in total. The summed E-state index contributed by atoms with van der Waals surface area (Å²) in [5.41, 5.74) is 1.66. The number of benzene rings is 1. The topological polar surface area (TPSA) is 55.0 Å². The summed E-state index contributed by atoms with van der Waals surface area (Å²) in [6.45, 7) is 0.361. The number of rotatable bonds is 5. The van der Waals surface area contributed by atoms with E-state index < -0.39 is 23.8 Å². The molecule has 2 N–H and O–H groups in total. The third-order valence-electron chi connectivity index (χ3n) is 5.28. The van der Waals surface area contributed by atoms with Crippen LogP contribution in [-0.4, -0.2) is 25.5 Å². The fourth-order valence-electron chi connectivity index (χ4n) is 3.91. The van der Waals surface area contributed by atoms with Gasteiger partial charge in [0.15, 0.2) is 4.77 Å². The standard InChI is InChI=1S/C20H19ClF2N4OS/c1-26-14(9-17(28)25-16-4-2-3-7-24-16)15-8-11(10-27(15)20(26)29)18-13(22)6-5-12(21)19(18)23/h2-7,11,17,28H,8-10H2,1H3,(H,24,25)/t11-,17?/m1/s1. The molecule has 0 bridgehead atoms. The van der Waals surface area contributed by atoms with Crippen molar-refractivity contribution in [1.82, 2.24) is 14.1 Å². The molecule has 29 heavy (non-hydrogen) atoms. The van der Waals surface area contributed by atoms with Gasteiger partial charge in [-0.15, -0.1) is 0 Å². The van der Waals surface area contributed by atoms with Crippen molar-refractivity contribution in [1.29, 1.82) is 0 Å². The lowest BCUT2D eigenvalue weighted by Crippen LogP contribution is -2.24. The van der Waals surface area contributed by atoms with E-state index in [4.69, 9.17) is 23.8 Å². The molecule has 0 saturated heterocycles. The molecule has 0 amide bonds. The molecule has 2 aromatic heterocycles. The van der Waals surface area contributed by atoms with Gasteiger partial charge in [-0.2, -0.15) is 0 Å². The molecule has 1 aliphatic heterocycles. The number of pyridine rings is 1. The van der Waals surface area contributed by atoms with Crippen molar-refractivity contribution in [3.8, 4) is 0 Å². The van der Waals surface area contributed by atoms with E-state index in [1.807, 2.05) is 22.2 Å². The third-order valence-corrected chi connectivity index (χ3v) is 6.06. The van der Waals surface area contributed by atoms with Crippen LogP contribution in [0.25, 0.3) is 0 Å². The number of anilines is 1. The SMILES string of the molecule is Cn1c(CC(O)Nc2ccccn2)c2n(c1=S)C[C@H](c1c(F)ccc(Cl)c1F)C2. The Morgan fingerprint density at radius 3 is 2.86 bits per heavy atom. The Morgan fingerprint density at radius 1 is 1.34 bits per heavy atom. The van der Waals surface area contributed by atoms with Crippen LogP contribution < -0.4 is 5.32 Å². The molecule has 2 atom stereocenters. The van der Waals surface area contributed by atoms with Crippen LogP contribution >= 0.6 is 23.8 Å². The smallest absolute Gasteiger partial charge is 0.179 e. The number of fused-ring (bicyclic) bond motifs is 1. The summed E-state index contributed by atoms with van der Waals surface area (Å²) in [5.74, 6) is -1.20. The van der Waals surface area contributed by atoms with E-state index in [1.165, 1.54) is 12.1 Å². The van der Waals surface area contributed by atoms with E-state index >= 15 is 0 Å². The van der Waals surface area contributed by atoms with Crippen LogP contribution in [0, 0.1) is 16.4 Å². The van der Waals surface area contributed by atoms with Gasteiger partial charge in [-0.1, -0.05) is 17.7 Å². The van der Waals surface area contributed by atoms with Gasteiger partial charge in [0.25, 0.3) is 0 Å². The van der Waals surface area contributed by atoms with Crippen molar-refractivity contribution in [3.63, 3.8) is 0 Å². The fraction of sp³-hybridized carbons (Fsp3) is 0.300. The zero-order valence-electron chi connectivity index (χ0n) is 15.6. The quantitative estimate of drug-likeness (QED) is 0.357. The van der Waals surface area contributed by atoms with Gasteiger partial charge in [-0.25, -0.2) is 13.8 Å². The second-order valence-electron chi connectivity index (χ2n) is 7.08. The van der Waals surface area contributed by atoms with Crippen LogP contribution in [0.1, 0.15) is 22.9 Å². The Labute approximate surface area is 176 Å². The lowest BCUT2D eigenvalue weighted by molar-refractivity contribution is 0.201. The second kappa shape index (κ2) is 7.85. The average molecular weight is 437 g/mol. The molecular weight excluding hydrogens is 418 g/mol. The van der Waals surface area contributed by atoms with Gasteiger partial charge in [0.05, 0.1) is 5.02 Å². The third kappa shape index (κ3) is 3.68. The number of nitrogens with one attached hydrogen (secondary N) is 1. The maximum absolute atomic E-state index is 14.5. The Kier molecular flexibility index (Phi) is 5.42. The van der Waals surface area contributed by atoms with Crippen molar-refractivity contribution >= 4 is 29.6 Å². The van der Waals surface area contributed by atoms with Crippen molar-refractivity contribution in [3.05, 3.63) is 74.9 Å². The molecule has 0 aliphatic carbocycles. The highest BCUT2D eigenvalue weighted by Crippen LogP contribution is 2.37. The number of hydrogen-bond acceptors (Lipinski definition) is 4. The van der Waals surface area contributed by atoms with Crippen LogP contribution in [0.5, 0.6) is 0 Å². The van der Waals surface area contributed by atoms with E-state index in [1.54, 1.807) is 18.3 Å². The van der Waals surface area contributed by atoms with E-state index in [0.717, 1.165) is 11.4 Å². The van der Waals surface area contributed by atoms with Crippen LogP contribution in [0.4, 0.5) is 14.6 Å². The minimum atomic E-state index is -0.892. The molecule has 3 aromatic rings. The van der Waals surface area contributed by atoms with Gasteiger partial charge in [0, 0.05) is 49.1 Å². The molecule has 1 aromatic carbocycles. The molecular formula is C20H19ClF2N4OS. The molecule has 152 valence electrons. The normalized spacial score (nSPS) is 16.7. The van der Waals surface area contributed by atoms with E-state index in [2.05, 4.69) is 10.3 Å². The Bertz CT molecular complexity index is 1120. The monoisotopic (exact) mass is 436 g/mol. The molecule has 9 heteroatoms. The summed E-state index contributed by atoms with van der Waals surface area (Å²) in [6.07, 6.45) is 1.41. The van der Waals surface area contributed by atoms with E-state index in [0.29, 0.717) is 23.6 Å². The predicted molar refractivity (Wildman–Crippen MR) is 110 cm³/mol. The van der Waals surface area contributed by atoms with Gasteiger partial charge in [-0.05, 0) is 42.9 Å². The van der Waals surface area contributed by atoms with Crippen LogP contribution in [-0.2, 0) is 26.4 Å². The Morgan fingerprint density at radius 2 is 2.14 bits per heavy atom. The summed E-state index contributed by atoms with van der Waals surface area (Å²) >= 11 is 11.4. The van der Waals surface area contributed by atoms with Crippen molar-refractivity contribution < 1.29 is 13.9 Å². The minimum absolute atomic E-state index is 0.0173. The van der Waals surface area contributed by atoms with Gasteiger partial charge >= 0.3 is 0 Å². The first-order valence-electron chi connectivity index (χ1n) is 9.13. The lowest BCUT2D eigenvalue weighted by Gasteiger charge is -2.16. The molecule has 1 aliphatic rings. The maximum atomic E-state index is 14.5. The number of imidazole rings is 1. The molecule has 0 spiro atoms. The molecule has 0 saturated carbocycles. The Balaban J connectivity index is 1.61. The van der Waals surface area contributed by atoms with Crippen LogP contribution in [0.15, 0.2) is 36.5 Å². The largest absolute Gasteiger partial charge is 0.373 e. The number of halogens is 3. The van der Waals surface area contributed by atoms with E-state index in [-0.39, 0.29) is 17.0 Å². The molecule has 1 unspecified atom stereocenters. The highest BCUT2D eigenvalue weighted by atomic mass is 35.5. The summed E-state index contributed by atoms with van der Waals surface area (Å²) in [4.78, 5) is 4.14. The first kappa shape index (κ1) is 20.0. The summed E-state index contributed by atoms with van der Waals surface area (Å²) in [7, 11) is 1.83. The predicted octanol–water partition coefficient (Wildman–Crippen LogP) is 4.20. The van der Waals surface area contributed by atoms with Crippen molar-refractivity contribution in [2.45, 2.75) is 31.5 Å². The summed E-state index contributed by atoms with van der Waals surface area (Å²) in [6, 6.07) is 7.76. The minimum Gasteiger partial charge on any atom is -0.373 e. The highest BCUT2D eigenvalue weighted by Gasteiger charge is 2.33. The maximum Gasteiger partial charge on any atom is 0.179 e. The molecule has 0 fully saturated rings. The summed E-state index contributed by atoms with van der Waals surface area (Å²) in [5, 5.41) is 13.3. The van der Waals surface area contributed by atoms with Crippen molar-refractivity contribution in [2.75, 3.05) is 5.32 Å².